The molecule has 372 valence electrons. The highest BCUT2D eigenvalue weighted by Crippen LogP contribution is 2.43. The van der Waals surface area contributed by atoms with Gasteiger partial charge in [0.1, 0.15) is 19.8 Å². The van der Waals surface area contributed by atoms with Crippen LogP contribution in [0.2, 0.25) is 0 Å². The molecule has 1 unspecified atom stereocenters. The molecule has 0 saturated carbocycles. The molecule has 0 saturated heterocycles. The molecule has 0 bridgehead atoms. The van der Waals surface area contributed by atoms with Crippen LogP contribution in [-0.2, 0) is 32.7 Å². The molecule has 0 aliphatic rings. The van der Waals surface area contributed by atoms with Gasteiger partial charge in [-0.05, 0) is 57.8 Å². The summed E-state index contributed by atoms with van der Waals surface area (Å²) in [6.45, 7) is 4.06. The summed E-state index contributed by atoms with van der Waals surface area (Å²) < 4.78 is 34.2. The van der Waals surface area contributed by atoms with Crippen LogP contribution in [0.15, 0.2) is 60.8 Å². The lowest BCUT2D eigenvalue weighted by molar-refractivity contribution is -0.870. The van der Waals surface area contributed by atoms with E-state index in [1.54, 1.807) is 18.2 Å². The highest BCUT2D eigenvalue weighted by Gasteiger charge is 2.27. The molecule has 4 atom stereocenters. The Kier molecular flexibility index (Phi) is 41.6. The zero-order valence-corrected chi connectivity index (χ0v) is 42.1. The first-order chi connectivity index (χ1) is 30.8. The van der Waals surface area contributed by atoms with Gasteiger partial charge in [-0.15, -0.1) is 0 Å². The Labute approximate surface area is 391 Å². The number of aliphatic hydroxyl groups excluding tert-OH is 2. The summed E-state index contributed by atoms with van der Waals surface area (Å²) >= 11 is 0. The maximum absolute atomic E-state index is 12.8. The number of rotatable bonds is 45. The normalized spacial score (nSPS) is 14.9. The summed E-state index contributed by atoms with van der Waals surface area (Å²) in [5, 5.41) is 20.2. The molecule has 64 heavy (non-hydrogen) atoms. The van der Waals surface area contributed by atoms with Crippen LogP contribution in [0, 0.1) is 0 Å². The van der Waals surface area contributed by atoms with E-state index in [1.165, 1.54) is 96.3 Å². The van der Waals surface area contributed by atoms with Crippen LogP contribution in [-0.4, -0.2) is 97.3 Å². The smallest absolute Gasteiger partial charge is 0.462 e. The first-order valence-electron chi connectivity index (χ1n) is 25.2. The number of quaternary nitrogens is 1. The van der Waals surface area contributed by atoms with E-state index in [0.29, 0.717) is 36.7 Å². The summed E-state index contributed by atoms with van der Waals surface area (Å²) in [4.78, 5) is 35.5. The van der Waals surface area contributed by atoms with Crippen LogP contribution in [0.1, 0.15) is 194 Å². The van der Waals surface area contributed by atoms with Crippen LogP contribution >= 0.6 is 7.82 Å². The molecule has 0 rings (SSSR count). The fourth-order valence-corrected chi connectivity index (χ4v) is 7.44. The second kappa shape index (κ2) is 43.2. The van der Waals surface area contributed by atoms with E-state index in [0.717, 1.165) is 44.9 Å². The Morgan fingerprint density at radius 2 is 1.03 bits per heavy atom. The van der Waals surface area contributed by atoms with Crippen molar-refractivity contribution in [2.75, 3.05) is 47.5 Å². The van der Waals surface area contributed by atoms with Crippen molar-refractivity contribution in [1.82, 2.24) is 0 Å². The van der Waals surface area contributed by atoms with Crippen LogP contribution in [0.5, 0.6) is 0 Å². The van der Waals surface area contributed by atoms with Crippen LogP contribution in [0.3, 0.4) is 0 Å². The maximum atomic E-state index is 12.8. The van der Waals surface area contributed by atoms with Crippen molar-refractivity contribution < 1.29 is 52.3 Å². The van der Waals surface area contributed by atoms with Crippen molar-refractivity contribution in [3.63, 3.8) is 0 Å². The number of esters is 2. The zero-order valence-electron chi connectivity index (χ0n) is 41.2. The number of hydrogen-bond acceptors (Lipinski definition) is 9. The molecular weight excluding hydrogens is 830 g/mol. The third-order valence-electron chi connectivity index (χ3n) is 10.7. The van der Waals surface area contributed by atoms with Gasteiger partial charge in [-0.1, -0.05) is 184 Å². The molecule has 0 radical (unpaired) electrons. The second-order valence-corrected chi connectivity index (χ2v) is 19.7. The summed E-state index contributed by atoms with van der Waals surface area (Å²) in [5.74, 6) is -1.03. The Hall–Kier alpha value is -2.37. The van der Waals surface area contributed by atoms with Crippen molar-refractivity contribution >= 4 is 19.8 Å². The maximum Gasteiger partial charge on any atom is 0.472 e. The van der Waals surface area contributed by atoms with Crippen molar-refractivity contribution in [1.29, 1.82) is 0 Å². The number of aliphatic hydroxyl groups is 2. The fourth-order valence-electron chi connectivity index (χ4n) is 6.69. The molecule has 0 aromatic rings. The fraction of sp³-hybridized carbons (Fsp3) is 0.769. The molecule has 12 heteroatoms. The number of carbonyl (C=O) groups is 2. The molecule has 0 aliphatic heterocycles. The van der Waals surface area contributed by atoms with Crippen molar-refractivity contribution in [3.8, 4) is 0 Å². The molecule has 0 aliphatic carbocycles. The minimum absolute atomic E-state index is 0.00745. The summed E-state index contributed by atoms with van der Waals surface area (Å²) in [7, 11) is 1.35. The third kappa shape index (κ3) is 46.2. The standard InChI is InChI=1S/C52H94NO10P/c1-6-8-10-11-12-13-14-15-16-17-18-19-20-21-22-23-24-25-29-32-36-42-52(57)63-50(47-62-64(58,59)61-45-44-53(3,4)5)46-60-51(56)43-37-41-49(55)40-35-31-28-26-27-30-34-39-48(54)38-33-9-7-2/h15-16,27-28,30-31,34-35,39-40,48-50,54-55H,6-14,17-26,29,32-33,36-38,41-47H2,1-5H3/p+1/b16-15-,30-27-,31-28-,39-34+,40-35+/t48-,49-,50+/m0/s1. The second-order valence-electron chi connectivity index (χ2n) is 18.2. The van der Waals surface area contributed by atoms with E-state index in [9.17, 15) is 29.3 Å². The molecule has 11 nitrogen and oxygen atoms in total. The third-order valence-corrected chi connectivity index (χ3v) is 11.7. The van der Waals surface area contributed by atoms with Crippen LogP contribution in [0.25, 0.3) is 0 Å². The van der Waals surface area contributed by atoms with Gasteiger partial charge in [-0.2, -0.15) is 0 Å². The van der Waals surface area contributed by atoms with Gasteiger partial charge in [0.15, 0.2) is 6.10 Å². The molecule has 0 heterocycles. The monoisotopic (exact) mass is 925 g/mol. The lowest BCUT2D eigenvalue weighted by atomic mass is 10.0. The average Bonchev–Trinajstić information content (AvgIpc) is 3.24. The summed E-state index contributed by atoms with van der Waals surface area (Å²) in [5.41, 5.74) is 0. The van der Waals surface area contributed by atoms with Crippen LogP contribution in [0.4, 0.5) is 0 Å². The number of phosphoric acid groups is 1. The van der Waals surface area contributed by atoms with Gasteiger partial charge in [0.05, 0.1) is 40.0 Å². The number of phosphoric ester groups is 1. The molecule has 0 aromatic heterocycles. The lowest BCUT2D eigenvalue weighted by Gasteiger charge is -2.24. The van der Waals surface area contributed by atoms with Gasteiger partial charge in [0.2, 0.25) is 0 Å². The largest absolute Gasteiger partial charge is 0.472 e. The summed E-state index contributed by atoms with van der Waals surface area (Å²) in [6, 6.07) is 0. The number of nitrogens with zero attached hydrogens (tertiary/aromatic N) is 1. The SMILES string of the molecule is CCCCCCCC/C=C\CCCCCCCCCCCCCC(=O)O[C@H](COC(=O)CCC[C@@H](O)/C=C/C=C\C/C=C\C=C\[C@@H](O)CCCCC)COP(=O)(O)OCC[N+](C)(C)C. The first-order valence-corrected chi connectivity index (χ1v) is 26.7. The van der Waals surface area contributed by atoms with Crippen LogP contribution < -0.4 is 0 Å². The Morgan fingerprint density at radius 1 is 0.562 bits per heavy atom. The van der Waals surface area contributed by atoms with Crippen molar-refractivity contribution in [2.45, 2.75) is 212 Å². The predicted molar refractivity (Wildman–Crippen MR) is 264 cm³/mol. The minimum Gasteiger partial charge on any atom is -0.462 e. The van der Waals surface area contributed by atoms with Gasteiger partial charge in [-0.3, -0.25) is 18.6 Å². The summed E-state index contributed by atoms with van der Waals surface area (Å²) in [6.07, 6.45) is 46.3. The van der Waals surface area contributed by atoms with E-state index in [2.05, 4.69) is 26.0 Å². The van der Waals surface area contributed by atoms with E-state index in [1.807, 2.05) is 51.5 Å². The zero-order chi connectivity index (χ0) is 47.4. The quantitative estimate of drug-likeness (QED) is 0.0135. The topological polar surface area (TPSA) is 149 Å². The molecule has 3 N–H and O–H groups in total. The molecule has 0 amide bonds. The van der Waals surface area contributed by atoms with Gasteiger partial charge in [0, 0.05) is 12.8 Å². The average molecular weight is 925 g/mol. The predicted octanol–water partition coefficient (Wildman–Crippen LogP) is 12.7. The van der Waals surface area contributed by atoms with E-state index in [-0.39, 0.29) is 26.1 Å². The minimum atomic E-state index is -4.44. The van der Waals surface area contributed by atoms with E-state index >= 15 is 0 Å². The van der Waals surface area contributed by atoms with Gasteiger partial charge in [0.25, 0.3) is 0 Å². The Balaban J connectivity index is 4.46. The Bertz CT molecular complexity index is 1310. The number of ether oxygens (including phenoxy) is 2. The number of unbranched alkanes of at least 4 members (excludes halogenated alkanes) is 19. The number of likely N-dealkylation sites (N-methyl/N-ethyl adjacent to an activating group) is 1. The molecule has 0 spiro atoms. The molecule has 0 fully saturated rings. The van der Waals surface area contributed by atoms with E-state index in [4.69, 9.17) is 18.5 Å². The Morgan fingerprint density at radius 3 is 1.56 bits per heavy atom. The highest BCUT2D eigenvalue weighted by atomic mass is 31.2. The molecule has 0 aromatic carbocycles. The lowest BCUT2D eigenvalue weighted by Crippen LogP contribution is -2.37. The van der Waals surface area contributed by atoms with Crippen molar-refractivity contribution in [2.24, 2.45) is 0 Å². The van der Waals surface area contributed by atoms with Crippen molar-refractivity contribution in [3.05, 3.63) is 60.8 Å². The van der Waals surface area contributed by atoms with Gasteiger partial charge in [-0.25, -0.2) is 4.57 Å². The number of carbonyl (C=O) groups excluding carboxylic acids is 2. The first kappa shape index (κ1) is 61.6. The van der Waals surface area contributed by atoms with Gasteiger partial charge < -0.3 is 29.1 Å². The highest BCUT2D eigenvalue weighted by molar-refractivity contribution is 7.47. The van der Waals surface area contributed by atoms with Gasteiger partial charge >= 0.3 is 19.8 Å². The number of allylic oxidation sites excluding steroid dienone is 8. The molecular formula is C52H95NO10P+. The van der Waals surface area contributed by atoms with E-state index < -0.39 is 44.7 Å². The number of hydrogen-bond donors (Lipinski definition) is 3.